The minimum Gasteiger partial charge on any atom is -0.483 e. The number of thioether (sulfide) groups is 1. The zero-order valence-electron chi connectivity index (χ0n) is 14.4. The summed E-state index contributed by atoms with van der Waals surface area (Å²) < 4.78 is 16.5. The van der Waals surface area contributed by atoms with Gasteiger partial charge in [-0.3, -0.25) is 14.5 Å². The van der Waals surface area contributed by atoms with E-state index in [1.165, 1.54) is 16.7 Å². The van der Waals surface area contributed by atoms with E-state index in [1.54, 1.807) is 42.5 Å². The van der Waals surface area contributed by atoms with E-state index in [4.69, 9.17) is 32.2 Å². The maximum atomic E-state index is 13.0. The normalized spacial score (nSPS) is 16.7. The summed E-state index contributed by atoms with van der Waals surface area (Å²) in [6.07, 6.45) is 1.68. The molecule has 2 amide bonds. The van der Waals surface area contributed by atoms with Gasteiger partial charge in [-0.25, -0.2) is 0 Å². The molecule has 142 valence electrons. The van der Waals surface area contributed by atoms with Crippen molar-refractivity contribution in [1.82, 2.24) is 0 Å². The first-order valence-electron chi connectivity index (χ1n) is 8.20. The summed E-state index contributed by atoms with van der Waals surface area (Å²) in [7, 11) is 0. The van der Waals surface area contributed by atoms with Crippen molar-refractivity contribution < 1.29 is 23.8 Å². The molecular weight excluding hydrogens is 400 g/mol. The van der Waals surface area contributed by atoms with Crippen LogP contribution in [0.15, 0.2) is 47.4 Å². The topological polar surface area (TPSA) is 91.1 Å². The van der Waals surface area contributed by atoms with E-state index in [0.717, 1.165) is 0 Å². The van der Waals surface area contributed by atoms with Crippen molar-refractivity contribution in [3.05, 3.63) is 52.9 Å². The molecule has 0 aliphatic carbocycles. The SMILES string of the molecule is NC(=O)COc1ccccc1/C=C1/SC(=S)N(c2ccc3c(c2)OCO3)C1=O. The fourth-order valence-electron chi connectivity index (χ4n) is 2.74. The van der Waals surface area contributed by atoms with Crippen LogP contribution in [0.2, 0.25) is 0 Å². The van der Waals surface area contributed by atoms with E-state index >= 15 is 0 Å². The number of fused-ring (bicyclic) bond motifs is 1. The smallest absolute Gasteiger partial charge is 0.270 e. The van der Waals surface area contributed by atoms with Crippen LogP contribution in [0.25, 0.3) is 6.08 Å². The number of primary amides is 1. The zero-order chi connectivity index (χ0) is 19.7. The van der Waals surface area contributed by atoms with Crippen LogP contribution in [0.4, 0.5) is 5.69 Å². The number of nitrogens with two attached hydrogens (primary N) is 1. The quantitative estimate of drug-likeness (QED) is 0.594. The van der Waals surface area contributed by atoms with E-state index in [-0.39, 0.29) is 19.3 Å². The highest BCUT2D eigenvalue weighted by Gasteiger charge is 2.34. The Bertz CT molecular complexity index is 1020. The predicted molar refractivity (Wildman–Crippen MR) is 109 cm³/mol. The molecule has 7 nitrogen and oxygen atoms in total. The molecule has 0 aromatic heterocycles. The van der Waals surface area contributed by atoms with Gasteiger partial charge in [0.1, 0.15) is 5.75 Å². The van der Waals surface area contributed by atoms with Crippen LogP contribution >= 0.6 is 24.0 Å². The molecule has 0 unspecified atom stereocenters. The van der Waals surface area contributed by atoms with Crippen molar-refractivity contribution in [2.24, 2.45) is 5.73 Å². The van der Waals surface area contributed by atoms with Gasteiger partial charge in [0.2, 0.25) is 6.79 Å². The number of benzene rings is 2. The number of amides is 2. The molecule has 28 heavy (non-hydrogen) atoms. The molecule has 2 heterocycles. The second kappa shape index (κ2) is 7.53. The first-order valence-corrected chi connectivity index (χ1v) is 9.43. The Morgan fingerprint density at radius 1 is 1.25 bits per heavy atom. The lowest BCUT2D eigenvalue weighted by molar-refractivity contribution is -0.120. The number of para-hydroxylation sites is 1. The van der Waals surface area contributed by atoms with Gasteiger partial charge < -0.3 is 19.9 Å². The lowest BCUT2D eigenvalue weighted by Crippen LogP contribution is -2.27. The molecule has 0 bridgehead atoms. The molecule has 0 saturated carbocycles. The second-order valence-corrected chi connectivity index (χ2v) is 7.52. The second-order valence-electron chi connectivity index (χ2n) is 5.85. The predicted octanol–water partition coefficient (Wildman–Crippen LogP) is 2.69. The Morgan fingerprint density at radius 3 is 2.86 bits per heavy atom. The van der Waals surface area contributed by atoms with Crippen molar-refractivity contribution in [3.8, 4) is 17.2 Å². The summed E-state index contributed by atoms with van der Waals surface area (Å²) >= 11 is 6.59. The summed E-state index contributed by atoms with van der Waals surface area (Å²) in [5.74, 6) is 0.822. The lowest BCUT2D eigenvalue weighted by atomic mass is 10.2. The number of rotatable bonds is 5. The van der Waals surface area contributed by atoms with Crippen LogP contribution in [-0.4, -0.2) is 29.5 Å². The largest absolute Gasteiger partial charge is 0.483 e. The van der Waals surface area contributed by atoms with E-state index in [0.29, 0.717) is 37.7 Å². The monoisotopic (exact) mass is 414 g/mol. The van der Waals surface area contributed by atoms with Gasteiger partial charge in [-0.15, -0.1) is 0 Å². The number of anilines is 1. The fourth-order valence-corrected chi connectivity index (χ4v) is 4.03. The first kappa shape index (κ1) is 18.3. The Morgan fingerprint density at radius 2 is 2.04 bits per heavy atom. The average Bonchev–Trinajstić information content (AvgIpc) is 3.24. The fraction of sp³-hybridized carbons (Fsp3) is 0.105. The minimum atomic E-state index is -0.580. The Labute approximate surface area is 170 Å². The average molecular weight is 414 g/mol. The molecule has 2 aromatic carbocycles. The molecule has 2 N–H and O–H groups in total. The van der Waals surface area contributed by atoms with Gasteiger partial charge in [-0.2, -0.15) is 0 Å². The molecular formula is C19H14N2O5S2. The van der Waals surface area contributed by atoms with Crippen LogP contribution in [0.5, 0.6) is 17.2 Å². The number of thiocarbonyl (C=S) groups is 1. The maximum absolute atomic E-state index is 13.0. The van der Waals surface area contributed by atoms with Crippen molar-refractivity contribution in [2.75, 3.05) is 18.3 Å². The van der Waals surface area contributed by atoms with Crippen LogP contribution in [-0.2, 0) is 9.59 Å². The van der Waals surface area contributed by atoms with Crippen LogP contribution in [0.3, 0.4) is 0 Å². The van der Waals surface area contributed by atoms with Gasteiger partial charge in [0.25, 0.3) is 11.8 Å². The van der Waals surface area contributed by atoms with Gasteiger partial charge in [-0.1, -0.05) is 42.2 Å². The summed E-state index contributed by atoms with van der Waals surface area (Å²) in [5.41, 5.74) is 6.39. The third-order valence-corrected chi connectivity index (χ3v) is 5.29. The van der Waals surface area contributed by atoms with E-state index in [1.807, 2.05) is 6.07 Å². The van der Waals surface area contributed by atoms with E-state index in [9.17, 15) is 9.59 Å². The van der Waals surface area contributed by atoms with E-state index in [2.05, 4.69) is 0 Å². The van der Waals surface area contributed by atoms with Crippen molar-refractivity contribution in [1.29, 1.82) is 0 Å². The first-order chi connectivity index (χ1) is 13.5. The summed E-state index contributed by atoms with van der Waals surface area (Å²) in [5, 5.41) is 0. The Kier molecular flexibility index (Phi) is 4.93. The number of hydrogen-bond donors (Lipinski definition) is 1. The molecule has 0 radical (unpaired) electrons. The van der Waals surface area contributed by atoms with Gasteiger partial charge in [0.05, 0.1) is 10.6 Å². The van der Waals surface area contributed by atoms with Gasteiger partial charge in [-0.05, 0) is 24.3 Å². The van der Waals surface area contributed by atoms with Crippen molar-refractivity contribution in [2.45, 2.75) is 0 Å². The lowest BCUT2D eigenvalue weighted by Gasteiger charge is -2.14. The van der Waals surface area contributed by atoms with E-state index < -0.39 is 5.91 Å². The number of ether oxygens (including phenoxy) is 3. The molecule has 1 saturated heterocycles. The van der Waals surface area contributed by atoms with Crippen LogP contribution in [0.1, 0.15) is 5.56 Å². The minimum absolute atomic E-state index is 0.152. The van der Waals surface area contributed by atoms with Gasteiger partial charge >= 0.3 is 0 Å². The van der Waals surface area contributed by atoms with Crippen LogP contribution in [0, 0.1) is 0 Å². The Hall–Kier alpha value is -3.04. The summed E-state index contributed by atoms with van der Waals surface area (Å²) in [6.45, 7) is -0.0951. The van der Waals surface area contributed by atoms with Crippen LogP contribution < -0.4 is 24.8 Å². The molecule has 0 spiro atoms. The number of nitrogens with zero attached hydrogens (tertiary/aromatic N) is 1. The Balaban J connectivity index is 1.62. The molecule has 2 aromatic rings. The highest BCUT2D eigenvalue weighted by molar-refractivity contribution is 8.27. The highest BCUT2D eigenvalue weighted by atomic mass is 32.2. The summed E-state index contributed by atoms with van der Waals surface area (Å²) in [4.78, 5) is 25.8. The maximum Gasteiger partial charge on any atom is 0.270 e. The molecule has 1 fully saturated rings. The van der Waals surface area contributed by atoms with Crippen molar-refractivity contribution in [3.63, 3.8) is 0 Å². The van der Waals surface area contributed by atoms with Gasteiger partial charge in [0.15, 0.2) is 22.4 Å². The van der Waals surface area contributed by atoms with Gasteiger partial charge in [0, 0.05) is 11.6 Å². The third-order valence-electron chi connectivity index (χ3n) is 3.98. The molecule has 4 rings (SSSR count). The number of carbonyl (C=O) groups is 2. The molecule has 9 heteroatoms. The molecule has 0 atom stereocenters. The standard InChI is InChI=1S/C19H14N2O5S2/c20-17(22)9-24-13-4-2-1-3-11(13)7-16-18(23)21(19(27)28-16)12-5-6-14-15(8-12)26-10-25-14/h1-8H,9-10H2,(H2,20,22)/b16-7+. The third kappa shape index (κ3) is 3.54. The molecule has 2 aliphatic heterocycles. The molecule has 2 aliphatic rings. The number of carbonyl (C=O) groups excluding carboxylic acids is 2. The summed E-state index contributed by atoms with van der Waals surface area (Å²) in [6, 6.07) is 12.3. The van der Waals surface area contributed by atoms with Crippen molar-refractivity contribution >= 4 is 51.9 Å². The zero-order valence-corrected chi connectivity index (χ0v) is 16.0. The highest BCUT2D eigenvalue weighted by Crippen LogP contribution is 2.41. The number of hydrogen-bond acceptors (Lipinski definition) is 7.